The molecular weight excluding hydrogens is 544 g/mol. The first-order valence-corrected chi connectivity index (χ1v) is 14.6. The highest BCUT2D eigenvalue weighted by molar-refractivity contribution is 7.13. The Morgan fingerprint density at radius 1 is 0.675 bits per heavy atom. The Bertz CT molecular complexity index is 1360. The molecule has 0 N–H and O–H groups in total. The number of anilines is 2. The summed E-state index contributed by atoms with van der Waals surface area (Å²) in [6.07, 6.45) is 5.96. The highest BCUT2D eigenvalue weighted by Gasteiger charge is 2.14. The molecule has 4 aromatic rings. The van der Waals surface area contributed by atoms with Gasteiger partial charge in [0.2, 0.25) is 0 Å². The number of benzene rings is 2. The van der Waals surface area contributed by atoms with Gasteiger partial charge in [-0.3, -0.25) is 0 Å². The Hall–Kier alpha value is -3.90. The number of ether oxygens (including phenoxy) is 2. The van der Waals surface area contributed by atoms with E-state index in [1.807, 2.05) is 82.8 Å². The average molecular weight is 581 g/mol. The molecular formula is C28H36N8O2S2+2. The van der Waals surface area contributed by atoms with Crippen LogP contribution < -0.4 is 28.4 Å². The summed E-state index contributed by atoms with van der Waals surface area (Å²) in [6.45, 7) is 1.79. The van der Waals surface area contributed by atoms with E-state index in [1.165, 1.54) is 0 Å². The van der Waals surface area contributed by atoms with E-state index in [2.05, 4.69) is 44.4 Å². The number of unbranched alkanes of at least 4 members (excludes halogenated alkanes) is 1. The van der Waals surface area contributed by atoms with E-state index < -0.39 is 0 Å². The van der Waals surface area contributed by atoms with Crippen LogP contribution in [0, 0.1) is 0 Å². The molecule has 2 aromatic heterocycles. The third kappa shape index (κ3) is 7.39. The van der Waals surface area contributed by atoms with Crippen molar-refractivity contribution in [2.24, 2.45) is 34.6 Å². The molecule has 12 heteroatoms. The van der Waals surface area contributed by atoms with E-state index >= 15 is 0 Å². The fourth-order valence-electron chi connectivity index (χ4n) is 4.07. The average Bonchev–Trinajstić information content (AvgIpc) is 3.59. The van der Waals surface area contributed by atoms with Gasteiger partial charge in [0.1, 0.15) is 35.3 Å². The van der Waals surface area contributed by atoms with E-state index in [9.17, 15) is 0 Å². The van der Waals surface area contributed by atoms with Gasteiger partial charge in [-0.25, -0.2) is 9.13 Å². The Labute approximate surface area is 243 Å². The van der Waals surface area contributed by atoms with Gasteiger partial charge in [0.05, 0.1) is 49.9 Å². The Morgan fingerprint density at radius 2 is 1.10 bits per heavy atom. The maximum absolute atomic E-state index is 5.67. The highest BCUT2D eigenvalue weighted by Crippen LogP contribution is 2.34. The Balaban J connectivity index is 1.30. The van der Waals surface area contributed by atoms with Crippen molar-refractivity contribution in [3.63, 3.8) is 0 Å². The van der Waals surface area contributed by atoms with Gasteiger partial charge in [-0.15, -0.1) is 0 Å². The molecule has 0 radical (unpaired) electrons. The number of methoxy groups -OCH3 is 2. The van der Waals surface area contributed by atoms with Gasteiger partial charge in [-0.05, 0) is 70.0 Å². The largest absolute Gasteiger partial charge is 0.495 e. The summed E-state index contributed by atoms with van der Waals surface area (Å²) < 4.78 is 15.2. The van der Waals surface area contributed by atoms with Crippen molar-refractivity contribution in [3.05, 3.63) is 59.6 Å². The molecule has 0 unspecified atom stereocenters. The third-order valence-corrected chi connectivity index (χ3v) is 8.08. The van der Waals surface area contributed by atoms with Gasteiger partial charge in [-0.1, -0.05) is 0 Å². The minimum absolute atomic E-state index is 0.756. The first-order valence-electron chi connectivity index (χ1n) is 12.9. The lowest BCUT2D eigenvalue weighted by Crippen LogP contribution is -2.23. The minimum atomic E-state index is 0.756. The van der Waals surface area contributed by atoms with Gasteiger partial charge in [0.15, 0.2) is 0 Å². The molecule has 210 valence electrons. The fraction of sp³-hybridized carbons (Fsp3) is 0.357. The number of hydrogen-bond acceptors (Lipinski definition) is 10. The topological polar surface area (TPSA) is 82.1 Å². The first kappa shape index (κ1) is 29.1. The molecule has 0 aliphatic rings. The lowest BCUT2D eigenvalue weighted by molar-refractivity contribution is -0.654. The number of azo groups is 2. The molecule has 0 amide bonds. The number of rotatable bonds is 13. The van der Waals surface area contributed by atoms with Gasteiger partial charge in [0.25, 0.3) is 0 Å². The monoisotopic (exact) mass is 580 g/mol. The standard InChI is InChI=1S/C28H36N8O2S2/c1-33(23-11-9-21(19-25(23)37-5)29-31-27-35(3)15-17-39-27)13-7-8-14-34(2)24-12-10-22(20-26(24)38-6)30-32-28-36(4)16-18-40-28/h9-12,15-20H,7-8,13-14H2,1-6H3/q+2. The van der Waals surface area contributed by atoms with E-state index in [0.29, 0.717) is 0 Å². The smallest absolute Gasteiger partial charge is 0.408 e. The van der Waals surface area contributed by atoms with Crippen LogP contribution in [0.2, 0.25) is 0 Å². The summed E-state index contributed by atoms with van der Waals surface area (Å²) in [5.74, 6) is 1.56. The summed E-state index contributed by atoms with van der Waals surface area (Å²) in [5.41, 5.74) is 3.56. The Morgan fingerprint density at radius 3 is 1.45 bits per heavy atom. The summed E-state index contributed by atoms with van der Waals surface area (Å²) in [6, 6.07) is 11.9. The number of nitrogens with zero attached hydrogens (tertiary/aromatic N) is 8. The SMILES string of the molecule is COc1cc(N=Nc2scc[n+]2C)ccc1N(C)CCCCN(C)c1ccc(N=Nc2scc[n+]2C)cc1OC. The van der Waals surface area contributed by atoms with Gasteiger partial charge in [0, 0.05) is 50.1 Å². The van der Waals surface area contributed by atoms with Crippen LogP contribution in [-0.4, -0.2) is 41.4 Å². The molecule has 4 rings (SSSR count). The van der Waals surface area contributed by atoms with E-state index in [4.69, 9.17) is 9.47 Å². The minimum Gasteiger partial charge on any atom is -0.495 e. The molecule has 10 nitrogen and oxygen atoms in total. The number of aryl methyl sites for hydroxylation is 2. The van der Waals surface area contributed by atoms with Crippen molar-refractivity contribution in [2.45, 2.75) is 12.8 Å². The third-order valence-electron chi connectivity index (χ3n) is 6.41. The molecule has 0 fully saturated rings. The molecule has 0 atom stereocenters. The van der Waals surface area contributed by atoms with Crippen LogP contribution in [0.1, 0.15) is 12.8 Å². The second-order valence-electron chi connectivity index (χ2n) is 9.26. The zero-order valence-electron chi connectivity index (χ0n) is 23.8. The van der Waals surface area contributed by atoms with Crippen LogP contribution in [0.3, 0.4) is 0 Å². The van der Waals surface area contributed by atoms with E-state index in [-0.39, 0.29) is 0 Å². The molecule has 2 heterocycles. The van der Waals surface area contributed by atoms with Crippen molar-refractivity contribution in [2.75, 3.05) is 51.2 Å². The number of hydrogen-bond donors (Lipinski definition) is 0. The highest BCUT2D eigenvalue weighted by atomic mass is 32.1. The van der Waals surface area contributed by atoms with Gasteiger partial charge < -0.3 is 19.3 Å². The van der Waals surface area contributed by atoms with E-state index in [0.717, 1.165) is 70.4 Å². The van der Waals surface area contributed by atoms with Gasteiger partial charge >= 0.3 is 10.3 Å². The normalized spacial score (nSPS) is 11.4. The summed E-state index contributed by atoms with van der Waals surface area (Å²) in [7, 11) is 11.4. The number of thiazole rings is 2. The van der Waals surface area contributed by atoms with Crippen molar-refractivity contribution in [1.82, 2.24) is 0 Å². The molecule has 0 aliphatic carbocycles. The quantitative estimate of drug-likeness (QED) is 0.101. The van der Waals surface area contributed by atoms with Crippen LogP contribution in [0.25, 0.3) is 0 Å². The fourth-order valence-corrected chi connectivity index (χ4v) is 5.44. The van der Waals surface area contributed by atoms with Crippen molar-refractivity contribution in [1.29, 1.82) is 0 Å². The van der Waals surface area contributed by atoms with Crippen molar-refractivity contribution in [3.8, 4) is 11.5 Å². The zero-order valence-corrected chi connectivity index (χ0v) is 25.4. The molecule has 0 bridgehead atoms. The molecule has 0 spiro atoms. The molecule has 0 saturated carbocycles. The van der Waals surface area contributed by atoms with E-state index in [1.54, 1.807) is 36.9 Å². The predicted octanol–water partition coefficient (Wildman–Crippen LogP) is 6.66. The summed E-state index contributed by atoms with van der Waals surface area (Å²) >= 11 is 3.09. The molecule has 0 saturated heterocycles. The summed E-state index contributed by atoms with van der Waals surface area (Å²) in [5, 5.41) is 23.1. The van der Waals surface area contributed by atoms with Crippen molar-refractivity contribution < 1.29 is 18.6 Å². The second-order valence-corrected chi connectivity index (χ2v) is 11.0. The molecule has 40 heavy (non-hydrogen) atoms. The molecule has 0 aliphatic heterocycles. The second kappa shape index (κ2) is 13.9. The van der Waals surface area contributed by atoms with Crippen LogP contribution in [0.4, 0.5) is 33.0 Å². The van der Waals surface area contributed by atoms with Crippen LogP contribution in [-0.2, 0) is 14.1 Å². The van der Waals surface area contributed by atoms with Crippen LogP contribution >= 0.6 is 22.7 Å². The van der Waals surface area contributed by atoms with Crippen LogP contribution in [0.5, 0.6) is 11.5 Å². The lowest BCUT2D eigenvalue weighted by Gasteiger charge is -2.24. The lowest BCUT2D eigenvalue weighted by atomic mass is 10.2. The maximum atomic E-state index is 5.67. The first-order chi connectivity index (χ1) is 19.4. The van der Waals surface area contributed by atoms with Crippen molar-refractivity contribution >= 4 is 55.7 Å². The maximum Gasteiger partial charge on any atom is 0.408 e. The van der Waals surface area contributed by atoms with Crippen LogP contribution in [0.15, 0.2) is 80.0 Å². The van der Waals surface area contributed by atoms with Gasteiger partial charge in [-0.2, -0.15) is 0 Å². The number of aromatic nitrogens is 2. The molecule has 2 aromatic carbocycles. The predicted molar refractivity (Wildman–Crippen MR) is 161 cm³/mol. The zero-order chi connectivity index (χ0) is 28.5. The Kier molecular flexibility index (Phi) is 10.1. The summed E-state index contributed by atoms with van der Waals surface area (Å²) in [4.78, 5) is 4.43.